The Morgan fingerprint density at radius 1 is 0.214 bits per heavy atom. The SMILES string of the molecule is CC(C)(C)c1cc(-c2cc(-c3cc(C(C)(C)C)cc(C(C)(C)C)c3)c3c4ccc5c6c4n(c3c2)-c2ccccc2B6n2c3c-5cccc3c3c2c2cccc4c2n3B2c3ccccc3-n3c5cc(-c6cc(C(C)(C)C)cc(C(C)(C)C)c6)cc(-c6cc(C(C)(C)C)cc(C(C)(C)C)c6)c5c5ccc-4c2c53)cc(C(C)(C)C)c1. The molecule has 4 aromatic heterocycles. The molecule has 556 valence electrons. The maximum absolute atomic E-state index is 2.85. The lowest BCUT2D eigenvalue weighted by Gasteiger charge is -2.34. The van der Waals surface area contributed by atoms with Crippen molar-refractivity contribution in [3.63, 3.8) is 0 Å². The van der Waals surface area contributed by atoms with E-state index in [-0.39, 0.29) is 57.0 Å². The van der Waals surface area contributed by atoms with Gasteiger partial charge in [0, 0.05) is 65.9 Å². The zero-order valence-electron chi connectivity index (χ0n) is 70.6. The second-order valence-corrected chi connectivity index (χ2v) is 42.3. The zero-order valence-corrected chi connectivity index (χ0v) is 70.6. The molecule has 112 heavy (non-hydrogen) atoms. The van der Waals surface area contributed by atoms with Crippen molar-refractivity contribution in [2.45, 2.75) is 209 Å². The highest BCUT2D eigenvalue weighted by atomic mass is 15.1. The number of para-hydroxylation sites is 4. The molecule has 0 radical (unpaired) electrons. The van der Waals surface area contributed by atoms with Gasteiger partial charge in [-0.1, -0.05) is 336 Å². The van der Waals surface area contributed by atoms with Crippen LogP contribution in [0.5, 0.6) is 0 Å². The lowest BCUT2D eigenvalue weighted by atomic mass is 9.45. The molecule has 4 aliphatic rings. The van der Waals surface area contributed by atoms with Crippen LogP contribution in [0.25, 0.3) is 155 Å². The molecular weight excluding hydrogens is 1350 g/mol. The van der Waals surface area contributed by atoms with Gasteiger partial charge in [0.1, 0.15) is 0 Å². The summed E-state index contributed by atoms with van der Waals surface area (Å²) in [5.41, 5.74) is 43.7. The smallest absolute Gasteiger partial charge is 0.333 e. The standard InChI is InChI=1S/C106H106B2N4/c1-99(2,3)65-43-59(44-66(55-65)100(4,5)6)61-51-81(63-47-69(103(13,14)15)57-70(48-63)104(16,17)18)89-77-41-39-73-75-31-29-33-79-93(75)111(107-83-35-25-27-37-85(83)109(87(89)53-61)95(77)91(73)107)97-80-34-30-32-76-74-40-42-78-90-82(64-49-71(105(19,20)21)58-72(50-64)106(22,23)24)52-62(60-45-67(101(7,8)9)56-68(46-60)102(10,11)12)54-88(90)110-86-38-28-26-36-84(86)108(92(74)96(78)110)112(94(76)80)98(79)97/h25-58H,1-24H3. The zero-order chi connectivity index (χ0) is 78.6. The maximum atomic E-state index is 2.85. The van der Waals surface area contributed by atoms with E-state index in [4.69, 9.17) is 0 Å². The van der Waals surface area contributed by atoms with Gasteiger partial charge in [-0.05, 0) is 202 Å². The van der Waals surface area contributed by atoms with Gasteiger partial charge in [0.15, 0.2) is 0 Å². The van der Waals surface area contributed by atoms with Crippen molar-refractivity contribution >= 4 is 112 Å². The second-order valence-electron chi connectivity index (χ2n) is 42.3. The van der Waals surface area contributed by atoms with E-state index in [1.165, 1.54) is 221 Å². The lowest BCUT2D eigenvalue weighted by Crippen LogP contribution is -2.55. The summed E-state index contributed by atoms with van der Waals surface area (Å²) in [5.74, 6) is 0. The van der Waals surface area contributed by atoms with Crippen molar-refractivity contribution in [2.75, 3.05) is 0 Å². The Bertz CT molecular complexity index is 6340. The largest absolute Gasteiger partial charge is 0.374 e. The van der Waals surface area contributed by atoms with Gasteiger partial charge in [-0.2, -0.15) is 0 Å². The van der Waals surface area contributed by atoms with Crippen LogP contribution in [-0.4, -0.2) is 31.8 Å². The fourth-order valence-corrected chi connectivity index (χ4v) is 20.0. The molecule has 0 saturated heterocycles. The third kappa shape index (κ3) is 10.1. The topological polar surface area (TPSA) is 19.7 Å². The third-order valence-corrected chi connectivity index (χ3v) is 26.4. The van der Waals surface area contributed by atoms with Gasteiger partial charge in [-0.25, -0.2) is 0 Å². The molecule has 8 heterocycles. The highest BCUT2D eigenvalue weighted by molar-refractivity contribution is 6.92. The molecule has 16 aromatic rings. The summed E-state index contributed by atoms with van der Waals surface area (Å²) in [7, 11) is 0. The minimum absolute atomic E-state index is 0.0610. The van der Waals surface area contributed by atoms with Crippen LogP contribution in [0, 0.1) is 0 Å². The molecular formula is C106H106B2N4. The summed E-state index contributed by atoms with van der Waals surface area (Å²) >= 11 is 0. The first-order valence-electron chi connectivity index (χ1n) is 41.4. The van der Waals surface area contributed by atoms with E-state index in [1.54, 1.807) is 0 Å². The number of aromatic nitrogens is 4. The number of hydrogen-bond acceptors (Lipinski definition) is 0. The molecule has 0 spiro atoms. The first-order chi connectivity index (χ1) is 52.6. The average molecular weight is 1460 g/mol. The van der Waals surface area contributed by atoms with Gasteiger partial charge < -0.3 is 18.1 Å². The van der Waals surface area contributed by atoms with Crippen LogP contribution in [0.3, 0.4) is 0 Å². The molecule has 0 N–H and O–H groups in total. The highest BCUT2D eigenvalue weighted by Gasteiger charge is 2.47. The van der Waals surface area contributed by atoms with E-state index in [0.717, 1.165) is 0 Å². The van der Waals surface area contributed by atoms with Gasteiger partial charge in [0.25, 0.3) is 0 Å². The van der Waals surface area contributed by atoms with Crippen LogP contribution in [-0.2, 0) is 43.3 Å². The summed E-state index contributed by atoms with van der Waals surface area (Å²) in [4.78, 5) is 0. The van der Waals surface area contributed by atoms with Gasteiger partial charge in [-0.15, -0.1) is 0 Å². The molecule has 6 heteroatoms. The van der Waals surface area contributed by atoms with Crippen LogP contribution < -0.4 is 21.9 Å². The van der Waals surface area contributed by atoms with E-state index in [1.807, 2.05) is 0 Å². The molecule has 0 amide bonds. The van der Waals surface area contributed by atoms with Gasteiger partial charge in [0.05, 0.1) is 33.1 Å². The molecule has 0 aliphatic carbocycles. The van der Waals surface area contributed by atoms with E-state index in [0.29, 0.717) is 0 Å². The first-order valence-corrected chi connectivity index (χ1v) is 41.4. The van der Waals surface area contributed by atoms with Gasteiger partial charge >= 0.3 is 13.7 Å². The number of hydrogen-bond donors (Lipinski definition) is 0. The lowest BCUT2D eigenvalue weighted by molar-refractivity contribution is 0.568. The Morgan fingerprint density at radius 3 is 0.804 bits per heavy atom. The van der Waals surface area contributed by atoms with Crippen molar-refractivity contribution in [2.24, 2.45) is 0 Å². The fourth-order valence-electron chi connectivity index (χ4n) is 20.0. The molecule has 0 saturated carbocycles. The predicted molar refractivity (Wildman–Crippen MR) is 487 cm³/mol. The number of rotatable bonds is 4. The Morgan fingerprint density at radius 2 is 0.500 bits per heavy atom. The van der Waals surface area contributed by atoms with Crippen LogP contribution >= 0.6 is 0 Å². The summed E-state index contributed by atoms with van der Waals surface area (Å²) in [6.45, 7) is 56.7. The molecule has 20 rings (SSSR count). The summed E-state index contributed by atoms with van der Waals surface area (Å²) in [5, 5.41) is 7.78. The molecule has 0 fully saturated rings. The Hall–Kier alpha value is -10.3. The molecule has 0 unspecified atom stereocenters. The van der Waals surface area contributed by atoms with E-state index >= 15 is 0 Å². The molecule has 4 aliphatic heterocycles. The van der Waals surface area contributed by atoms with Gasteiger partial charge in [-0.3, -0.25) is 0 Å². The van der Waals surface area contributed by atoms with Crippen molar-refractivity contribution in [3.05, 3.63) is 251 Å². The third-order valence-electron chi connectivity index (χ3n) is 26.4. The summed E-state index contributed by atoms with van der Waals surface area (Å²) < 4.78 is 11.1. The Labute approximate surface area is 664 Å². The quantitative estimate of drug-likeness (QED) is 0.157. The van der Waals surface area contributed by atoms with Crippen molar-refractivity contribution in [3.8, 4) is 78.1 Å². The number of fused-ring (bicyclic) bond motifs is 21. The predicted octanol–water partition coefficient (Wildman–Crippen LogP) is 25.9. The number of nitrogens with zero attached hydrogens (tertiary/aromatic N) is 4. The highest BCUT2D eigenvalue weighted by Crippen LogP contribution is 2.54. The van der Waals surface area contributed by atoms with Crippen molar-refractivity contribution in [1.82, 2.24) is 18.1 Å². The van der Waals surface area contributed by atoms with Crippen molar-refractivity contribution in [1.29, 1.82) is 0 Å². The molecule has 4 nitrogen and oxygen atoms in total. The van der Waals surface area contributed by atoms with Gasteiger partial charge in [0.2, 0.25) is 0 Å². The van der Waals surface area contributed by atoms with E-state index in [2.05, 4.69) is 391 Å². The summed E-state index contributed by atoms with van der Waals surface area (Å²) in [6, 6.07) is 84.0. The van der Waals surface area contributed by atoms with Crippen LogP contribution in [0.4, 0.5) is 0 Å². The molecule has 12 aromatic carbocycles. The minimum atomic E-state index is -0.149. The van der Waals surface area contributed by atoms with Crippen LogP contribution in [0.2, 0.25) is 0 Å². The molecule has 0 atom stereocenters. The van der Waals surface area contributed by atoms with E-state index in [9.17, 15) is 0 Å². The summed E-state index contributed by atoms with van der Waals surface area (Å²) in [6.07, 6.45) is 0. The Kier molecular flexibility index (Phi) is 14.4. The van der Waals surface area contributed by atoms with Crippen molar-refractivity contribution < 1.29 is 0 Å². The average Bonchev–Trinajstić information content (AvgIpc) is 1.48. The number of benzene rings is 12. The van der Waals surface area contributed by atoms with Crippen LogP contribution in [0.15, 0.2) is 206 Å². The van der Waals surface area contributed by atoms with E-state index < -0.39 is 0 Å². The monoisotopic (exact) mass is 1460 g/mol. The minimum Gasteiger partial charge on any atom is -0.374 e. The molecule has 0 bridgehead atoms. The Balaban J connectivity index is 0.882. The fraction of sp³-hybridized carbons (Fsp3) is 0.302. The van der Waals surface area contributed by atoms with Crippen LogP contribution in [0.1, 0.15) is 211 Å². The normalized spacial score (nSPS) is 14.2. The second kappa shape index (κ2) is 22.8. The maximum Gasteiger partial charge on any atom is 0.333 e. The first kappa shape index (κ1) is 70.8.